The molecule has 0 aliphatic heterocycles. The van der Waals surface area contributed by atoms with Crippen LogP contribution in [0.5, 0.6) is 0 Å². The summed E-state index contributed by atoms with van der Waals surface area (Å²) in [7, 11) is 0. The highest BCUT2D eigenvalue weighted by Crippen LogP contribution is 2.09. The van der Waals surface area contributed by atoms with Crippen molar-refractivity contribution in [3.63, 3.8) is 0 Å². The predicted molar refractivity (Wildman–Crippen MR) is 143 cm³/mol. The number of nitrogens with one attached hydrogen (secondary N) is 4. The number of carbonyl (C=O) groups excluding carboxylic acids is 4. The predicted octanol–water partition coefficient (Wildman–Crippen LogP) is 0.765. The average molecular weight is 551 g/mol. The first-order chi connectivity index (χ1) is 17.0. The first-order valence-electron chi connectivity index (χ1n) is 12.1. The quantitative estimate of drug-likeness (QED) is 0.130. The molecule has 208 valence electrons. The van der Waals surface area contributed by atoms with Gasteiger partial charge in [0.25, 0.3) is 0 Å². The first-order valence-corrected chi connectivity index (χ1v) is 14.2. The first kappa shape index (κ1) is 34.0. The van der Waals surface area contributed by atoms with E-state index in [1.54, 1.807) is 11.8 Å². The van der Waals surface area contributed by atoms with Gasteiger partial charge in [-0.2, -0.15) is 0 Å². The van der Waals surface area contributed by atoms with Crippen LogP contribution in [-0.4, -0.2) is 95.6 Å². The van der Waals surface area contributed by atoms with Crippen LogP contribution in [0.4, 0.5) is 0 Å². The van der Waals surface area contributed by atoms with E-state index in [2.05, 4.69) is 21.3 Å². The van der Waals surface area contributed by atoms with Crippen LogP contribution in [0.2, 0.25) is 0 Å². The molecule has 0 aliphatic carbocycles. The van der Waals surface area contributed by atoms with Crippen LogP contribution in [0.3, 0.4) is 0 Å². The van der Waals surface area contributed by atoms with Crippen molar-refractivity contribution >= 4 is 53.1 Å². The minimum atomic E-state index is -1.03. The van der Waals surface area contributed by atoms with Gasteiger partial charge >= 0.3 is 5.97 Å². The molecule has 0 fully saturated rings. The summed E-state index contributed by atoms with van der Waals surface area (Å²) >= 11 is 3.04. The summed E-state index contributed by atoms with van der Waals surface area (Å²) < 4.78 is 5.36. The second kappa shape index (κ2) is 21.1. The topological polar surface area (TPSA) is 163 Å². The van der Waals surface area contributed by atoms with Gasteiger partial charge in [-0.3, -0.25) is 24.0 Å². The summed E-state index contributed by atoms with van der Waals surface area (Å²) in [6.07, 6.45) is 0.599. The number of thioether (sulfide) groups is 2. The Morgan fingerprint density at radius 1 is 0.750 bits per heavy atom. The fourth-order valence-corrected chi connectivity index (χ4v) is 3.77. The normalized spacial score (nSPS) is 11.7. The largest absolute Gasteiger partial charge is 0.481 e. The lowest BCUT2D eigenvalue weighted by Gasteiger charge is -2.19. The third-order valence-corrected chi connectivity index (χ3v) is 6.61. The Labute approximate surface area is 222 Å². The Bertz CT molecular complexity index is 693. The molecule has 0 saturated carbocycles. The van der Waals surface area contributed by atoms with Crippen molar-refractivity contribution in [3.8, 4) is 0 Å². The molecule has 0 aliphatic rings. The van der Waals surface area contributed by atoms with Crippen LogP contribution >= 0.6 is 23.5 Å². The molecule has 0 heterocycles. The van der Waals surface area contributed by atoms with Crippen molar-refractivity contribution < 1.29 is 33.8 Å². The van der Waals surface area contributed by atoms with Crippen LogP contribution in [0, 0.1) is 0 Å². The Morgan fingerprint density at radius 3 is 1.89 bits per heavy atom. The van der Waals surface area contributed by atoms with Crippen LogP contribution in [-0.2, 0) is 28.7 Å². The highest BCUT2D eigenvalue weighted by atomic mass is 32.2. The molecule has 5 N–H and O–H groups in total. The van der Waals surface area contributed by atoms with E-state index in [0.29, 0.717) is 35.6 Å². The maximum Gasteiger partial charge on any atom is 0.303 e. The number of hydrogen-bond acceptors (Lipinski definition) is 8. The van der Waals surface area contributed by atoms with Gasteiger partial charge in [-0.25, -0.2) is 0 Å². The summed E-state index contributed by atoms with van der Waals surface area (Å²) in [5, 5.41) is 20.1. The van der Waals surface area contributed by atoms with E-state index in [9.17, 15) is 24.0 Å². The minimum Gasteiger partial charge on any atom is -0.481 e. The summed E-state index contributed by atoms with van der Waals surface area (Å²) in [6.45, 7) is 9.33. The van der Waals surface area contributed by atoms with E-state index in [0.717, 1.165) is 0 Å². The number of carbonyl (C=O) groups is 5. The lowest BCUT2D eigenvalue weighted by atomic mass is 10.1. The van der Waals surface area contributed by atoms with Crippen molar-refractivity contribution in [2.45, 2.75) is 69.9 Å². The van der Waals surface area contributed by atoms with Crippen molar-refractivity contribution in [1.82, 2.24) is 21.3 Å². The molecule has 36 heavy (non-hydrogen) atoms. The van der Waals surface area contributed by atoms with Crippen molar-refractivity contribution in [1.29, 1.82) is 0 Å². The standard InChI is InChI=1S/C23H42N4O7S2/c1-16(2)35-14-20(29)24-9-5-6-18(27-21(30)15-36-17(3)4)23(33)26-11-13-34-12-10-25-19(28)7-8-22(31)32/h16-18H,5-15H2,1-4H3,(H,24,29)(H,25,28)(H,26,33)(H,27,30)(H,31,32)/t18-/m0/s1. The molecular formula is C23H42N4O7S2. The number of carboxylic acid groups (broad SMARTS) is 1. The van der Waals surface area contributed by atoms with Crippen LogP contribution < -0.4 is 21.3 Å². The van der Waals surface area contributed by atoms with Gasteiger partial charge in [-0.15, -0.1) is 23.5 Å². The van der Waals surface area contributed by atoms with E-state index < -0.39 is 12.0 Å². The molecule has 4 amide bonds. The molecule has 0 bridgehead atoms. The summed E-state index contributed by atoms with van der Waals surface area (Å²) in [5.41, 5.74) is 0. The van der Waals surface area contributed by atoms with Gasteiger partial charge < -0.3 is 31.1 Å². The highest BCUT2D eigenvalue weighted by molar-refractivity contribution is 8.00. The SMILES string of the molecule is CC(C)SCC(=O)NCCC[C@H](NC(=O)CSC(C)C)C(=O)NCCOCCNC(=O)CCC(=O)O. The van der Waals surface area contributed by atoms with Gasteiger partial charge in [0.15, 0.2) is 0 Å². The Hall–Kier alpha value is -1.99. The number of hydrogen-bond donors (Lipinski definition) is 5. The van der Waals surface area contributed by atoms with Gasteiger partial charge in [-0.1, -0.05) is 27.7 Å². The average Bonchev–Trinajstić information content (AvgIpc) is 2.81. The molecule has 0 radical (unpaired) electrons. The third kappa shape index (κ3) is 21.3. The molecule has 0 aromatic carbocycles. The Balaban J connectivity index is 4.35. The minimum absolute atomic E-state index is 0.0534. The monoisotopic (exact) mass is 550 g/mol. The zero-order valence-electron chi connectivity index (χ0n) is 21.7. The van der Waals surface area contributed by atoms with Crippen molar-refractivity contribution in [2.24, 2.45) is 0 Å². The molecule has 0 aromatic heterocycles. The van der Waals surface area contributed by atoms with Gasteiger partial charge in [0.2, 0.25) is 23.6 Å². The van der Waals surface area contributed by atoms with E-state index in [-0.39, 0.29) is 68.5 Å². The molecule has 1 atom stereocenters. The number of rotatable bonds is 21. The zero-order valence-corrected chi connectivity index (χ0v) is 23.4. The number of amides is 4. The molecule has 0 unspecified atom stereocenters. The lowest BCUT2D eigenvalue weighted by molar-refractivity contribution is -0.138. The highest BCUT2D eigenvalue weighted by Gasteiger charge is 2.20. The van der Waals surface area contributed by atoms with Crippen LogP contribution in [0.15, 0.2) is 0 Å². The fraction of sp³-hybridized carbons (Fsp3) is 0.783. The second-order valence-corrected chi connectivity index (χ2v) is 11.6. The van der Waals surface area contributed by atoms with E-state index in [1.165, 1.54) is 11.8 Å². The molecule has 0 saturated heterocycles. The Morgan fingerprint density at radius 2 is 1.31 bits per heavy atom. The van der Waals surface area contributed by atoms with Crippen LogP contribution in [0.25, 0.3) is 0 Å². The summed E-state index contributed by atoms with van der Waals surface area (Å²) in [4.78, 5) is 58.6. The molecule has 0 spiro atoms. The smallest absolute Gasteiger partial charge is 0.303 e. The Kier molecular flexibility index (Phi) is 20.0. The maximum absolute atomic E-state index is 12.6. The van der Waals surface area contributed by atoms with Gasteiger partial charge in [-0.05, 0) is 23.3 Å². The zero-order chi connectivity index (χ0) is 27.3. The van der Waals surface area contributed by atoms with E-state index in [4.69, 9.17) is 9.84 Å². The van der Waals surface area contributed by atoms with Gasteiger partial charge in [0.05, 0.1) is 31.1 Å². The third-order valence-electron chi connectivity index (χ3n) is 4.42. The lowest BCUT2D eigenvalue weighted by Crippen LogP contribution is -2.48. The summed E-state index contributed by atoms with van der Waals surface area (Å²) in [5.74, 6) is -1.36. The second-order valence-electron chi connectivity index (χ2n) is 8.48. The maximum atomic E-state index is 12.6. The molecule has 0 rings (SSSR count). The molecule has 11 nitrogen and oxygen atoms in total. The van der Waals surface area contributed by atoms with Crippen LogP contribution in [0.1, 0.15) is 53.4 Å². The van der Waals surface area contributed by atoms with Gasteiger partial charge in [0.1, 0.15) is 6.04 Å². The molecule has 13 heteroatoms. The number of ether oxygens (including phenoxy) is 1. The van der Waals surface area contributed by atoms with Crippen molar-refractivity contribution in [3.05, 3.63) is 0 Å². The summed E-state index contributed by atoms with van der Waals surface area (Å²) in [6, 6.07) is -0.722. The van der Waals surface area contributed by atoms with E-state index >= 15 is 0 Å². The van der Waals surface area contributed by atoms with Crippen molar-refractivity contribution in [2.75, 3.05) is 44.4 Å². The van der Waals surface area contributed by atoms with Gasteiger partial charge in [0, 0.05) is 26.1 Å². The molecule has 0 aromatic rings. The number of carboxylic acids is 1. The fourth-order valence-electron chi connectivity index (χ4n) is 2.62. The molecular weight excluding hydrogens is 508 g/mol. The number of aliphatic carboxylic acids is 1. The van der Waals surface area contributed by atoms with E-state index in [1.807, 2.05) is 27.7 Å².